The molecule has 0 bridgehead atoms. The molecule has 0 unspecified atom stereocenters. The molecule has 6 heteroatoms. The minimum atomic E-state index is -2.83. The topological polar surface area (TPSA) is 59.3 Å². The molecule has 1 aromatic carbocycles. The monoisotopic (exact) mass is 323 g/mol. The zero-order valence-corrected chi connectivity index (χ0v) is 13.1. The maximum Gasteiger partial charge on any atom is 0.165 e. The Balaban J connectivity index is 1.54. The molecule has 0 spiro atoms. The third kappa shape index (κ3) is 4.12. The third-order valence-corrected chi connectivity index (χ3v) is 6.09. The summed E-state index contributed by atoms with van der Waals surface area (Å²) in [6.45, 7) is 0.565. The first-order chi connectivity index (χ1) is 10.1. The normalized spacial score (nSPS) is 20.7. The number of sulfone groups is 1. The van der Waals surface area contributed by atoms with Crippen LogP contribution in [0, 0.1) is 0 Å². The van der Waals surface area contributed by atoms with Gasteiger partial charge < -0.3 is 9.73 Å². The molecule has 1 aliphatic heterocycles. The van der Waals surface area contributed by atoms with Gasteiger partial charge in [0.05, 0.1) is 18.1 Å². The van der Waals surface area contributed by atoms with E-state index in [2.05, 4.69) is 5.32 Å². The van der Waals surface area contributed by atoms with E-state index < -0.39 is 9.84 Å². The zero-order chi connectivity index (χ0) is 14.7. The van der Waals surface area contributed by atoms with Crippen LogP contribution < -0.4 is 5.32 Å². The Morgan fingerprint density at radius 2 is 2.00 bits per heavy atom. The van der Waals surface area contributed by atoms with E-state index in [-0.39, 0.29) is 17.5 Å². The van der Waals surface area contributed by atoms with Crippen molar-refractivity contribution in [1.82, 2.24) is 5.32 Å². The SMILES string of the molecule is O=S1(=O)CC[C@@H](NCc2ccc(Sc3ccccc3)o2)C1. The van der Waals surface area contributed by atoms with Crippen molar-refractivity contribution in [3.8, 4) is 0 Å². The van der Waals surface area contributed by atoms with Crippen molar-refractivity contribution in [2.75, 3.05) is 11.5 Å². The van der Waals surface area contributed by atoms with E-state index in [1.165, 1.54) is 0 Å². The first-order valence-electron chi connectivity index (χ1n) is 6.86. The predicted octanol–water partition coefficient (Wildman–Crippen LogP) is 2.71. The molecular formula is C15H17NO3S2. The minimum absolute atomic E-state index is 0.0466. The molecule has 1 N–H and O–H groups in total. The highest BCUT2D eigenvalue weighted by molar-refractivity contribution is 7.99. The molecule has 0 aliphatic carbocycles. The Kier molecular flexibility index (Phi) is 4.37. The summed E-state index contributed by atoms with van der Waals surface area (Å²) in [6.07, 6.45) is 0.689. The van der Waals surface area contributed by atoms with Crippen molar-refractivity contribution in [2.45, 2.75) is 29.0 Å². The quantitative estimate of drug-likeness (QED) is 0.917. The summed E-state index contributed by atoms with van der Waals surface area (Å²) in [4.78, 5) is 1.13. The van der Waals surface area contributed by atoms with Crippen LogP contribution in [-0.4, -0.2) is 26.0 Å². The Bertz CT molecular complexity index is 695. The third-order valence-electron chi connectivity index (χ3n) is 3.40. The highest BCUT2D eigenvalue weighted by atomic mass is 32.2. The summed E-state index contributed by atoms with van der Waals surface area (Å²) >= 11 is 1.58. The maximum absolute atomic E-state index is 11.4. The minimum Gasteiger partial charge on any atom is -0.453 e. The van der Waals surface area contributed by atoms with Crippen LogP contribution in [0.25, 0.3) is 0 Å². The fraction of sp³-hybridized carbons (Fsp3) is 0.333. The molecule has 4 nitrogen and oxygen atoms in total. The van der Waals surface area contributed by atoms with Gasteiger partial charge in [0.25, 0.3) is 0 Å². The number of rotatable bonds is 5. The lowest BCUT2D eigenvalue weighted by Crippen LogP contribution is -2.29. The van der Waals surface area contributed by atoms with Crippen LogP contribution in [0.2, 0.25) is 0 Å². The number of hydrogen-bond acceptors (Lipinski definition) is 5. The second-order valence-corrected chi connectivity index (χ2v) is 8.42. The fourth-order valence-corrected chi connectivity index (χ4v) is 4.83. The molecule has 3 rings (SSSR count). The van der Waals surface area contributed by atoms with E-state index in [9.17, 15) is 8.42 Å². The van der Waals surface area contributed by atoms with Gasteiger partial charge in [0.15, 0.2) is 14.9 Å². The summed E-state index contributed by atoms with van der Waals surface area (Å²) < 4.78 is 28.5. The van der Waals surface area contributed by atoms with Crippen molar-refractivity contribution in [3.05, 3.63) is 48.2 Å². The molecule has 1 aromatic heterocycles. The predicted molar refractivity (Wildman–Crippen MR) is 83.2 cm³/mol. The Hall–Kier alpha value is -1.24. The van der Waals surface area contributed by atoms with Gasteiger partial charge in [-0.3, -0.25) is 0 Å². The van der Waals surface area contributed by atoms with Gasteiger partial charge in [-0.15, -0.1) is 0 Å². The van der Waals surface area contributed by atoms with Gasteiger partial charge in [-0.1, -0.05) is 30.0 Å². The lowest BCUT2D eigenvalue weighted by molar-refractivity contribution is 0.404. The standard InChI is InChI=1S/C15H17NO3S2/c17-21(18)9-8-12(11-21)16-10-13-6-7-15(19-13)20-14-4-2-1-3-5-14/h1-7,12,16H,8-11H2/t12-/m1/s1. The van der Waals surface area contributed by atoms with Gasteiger partial charge in [0, 0.05) is 10.9 Å². The summed E-state index contributed by atoms with van der Waals surface area (Å²) in [5.74, 6) is 1.36. The highest BCUT2D eigenvalue weighted by Gasteiger charge is 2.27. The number of benzene rings is 1. The van der Waals surface area contributed by atoms with Crippen molar-refractivity contribution >= 4 is 21.6 Å². The molecule has 1 fully saturated rings. The molecule has 2 heterocycles. The van der Waals surface area contributed by atoms with E-state index in [4.69, 9.17) is 4.42 Å². The summed E-state index contributed by atoms with van der Waals surface area (Å²) in [5.41, 5.74) is 0. The smallest absolute Gasteiger partial charge is 0.165 e. The van der Waals surface area contributed by atoms with Crippen LogP contribution in [0.3, 0.4) is 0 Å². The molecule has 1 aliphatic rings. The summed E-state index contributed by atoms with van der Waals surface area (Å²) in [5, 5.41) is 4.09. The molecule has 0 saturated carbocycles. The highest BCUT2D eigenvalue weighted by Crippen LogP contribution is 2.28. The van der Waals surface area contributed by atoms with Crippen LogP contribution in [0.5, 0.6) is 0 Å². The van der Waals surface area contributed by atoms with Gasteiger partial charge in [0.2, 0.25) is 0 Å². The van der Waals surface area contributed by atoms with Crippen LogP contribution in [-0.2, 0) is 16.4 Å². The van der Waals surface area contributed by atoms with Gasteiger partial charge >= 0.3 is 0 Å². The molecule has 0 amide bonds. The van der Waals surface area contributed by atoms with Gasteiger partial charge in [-0.25, -0.2) is 8.42 Å². The van der Waals surface area contributed by atoms with E-state index >= 15 is 0 Å². The Morgan fingerprint density at radius 1 is 1.19 bits per heavy atom. The van der Waals surface area contributed by atoms with E-state index in [1.54, 1.807) is 11.8 Å². The largest absolute Gasteiger partial charge is 0.453 e. The molecule has 112 valence electrons. The fourth-order valence-electron chi connectivity index (χ4n) is 2.31. The second-order valence-electron chi connectivity index (χ2n) is 5.12. The van der Waals surface area contributed by atoms with Gasteiger partial charge in [0.1, 0.15) is 5.76 Å². The molecular weight excluding hydrogens is 306 g/mol. The maximum atomic E-state index is 11.4. The average Bonchev–Trinajstić information content (AvgIpc) is 3.04. The molecule has 1 saturated heterocycles. The molecule has 0 radical (unpaired) electrons. The van der Waals surface area contributed by atoms with Crippen LogP contribution in [0.15, 0.2) is 56.9 Å². The molecule has 21 heavy (non-hydrogen) atoms. The van der Waals surface area contributed by atoms with Crippen molar-refractivity contribution in [3.63, 3.8) is 0 Å². The van der Waals surface area contributed by atoms with E-state index in [0.717, 1.165) is 15.7 Å². The van der Waals surface area contributed by atoms with E-state index in [1.807, 2.05) is 42.5 Å². The van der Waals surface area contributed by atoms with E-state index in [0.29, 0.717) is 13.0 Å². The second kappa shape index (κ2) is 6.25. The lowest BCUT2D eigenvalue weighted by Gasteiger charge is -2.08. The number of furan rings is 1. The number of hydrogen-bond donors (Lipinski definition) is 1. The molecule has 1 atom stereocenters. The van der Waals surface area contributed by atoms with Gasteiger partial charge in [-0.2, -0.15) is 0 Å². The lowest BCUT2D eigenvalue weighted by atomic mass is 10.2. The van der Waals surface area contributed by atoms with Crippen LogP contribution >= 0.6 is 11.8 Å². The summed E-state index contributed by atoms with van der Waals surface area (Å²) in [7, 11) is -2.83. The Morgan fingerprint density at radius 3 is 2.71 bits per heavy atom. The zero-order valence-electron chi connectivity index (χ0n) is 11.5. The van der Waals surface area contributed by atoms with Crippen molar-refractivity contribution in [2.24, 2.45) is 0 Å². The average molecular weight is 323 g/mol. The first kappa shape index (κ1) is 14.7. The van der Waals surface area contributed by atoms with Crippen molar-refractivity contribution < 1.29 is 12.8 Å². The summed E-state index contributed by atoms with van der Waals surface area (Å²) in [6, 6.07) is 14.0. The van der Waals surface area contributed by atoms with Crippen molar-refractivity contribution in [1.29, 1.82) is 0 Å². The number of nitrogens with one attached hydrogen (secondary N) is 1. The first-order valence-corrected chi connectivity index (χ1v) is 9.50. The van der Waals surface area contributed by atoms with Crippen LogP contribution in [0.1, 0.15) is 12.2 Å². The van der Waals surface area contributed by atoms with Crippen LogP contribution in [0.4, 0.5) is 0 Å². The van der Waals surface area contributed by atoms with Gasteiger partial charge in [-0.05, 0) is 30.7 Å². The molecule has 2 aromatic rings. The Labute approximate surface area is 128 Å².